The number of hydrogen-bond acceptors (Lipinski definition) is 3. The largest absolute Gasteiger partial charge is 0.478 e. The minimum Gasteiger partial charge on any atom is -0.478 e. The van der Waals surface area contributed by atoms with Crippen molar-refractivity contribution in [3.05, 3.63) is 54.6 Å². The summed E-state index contributed by atoms with van der Waals surface area (Å²) in [4.78, 5) is 11.2. The first-order chi connectivity index (χ1) is 10.2. The van der Waals surface area contributed by atoms with Crippen LogP contribution >= 0.6 is 0 Å². The van der Waals surface area contributed by atoms with Gasteiger partial charge < -0.3 is 15.2 Å². The lowest BCUT2D eigenvalue weighted by atomic mass is 10.0. The summed E-state index contributed by atoms with van der Waals surface area (Å²) < 4.78 is 5.44. The quantitative estimate of drug-likeness (QED) is 0.575. The van der Waals surface area contributed by atoms with Crippen molar-refractivity contribution in [3.8, 4) is 0 Å². The fraction of sp³-hybridized carbons (Fsp3) is 0.235. The van der Waals surface area contributed by atoms with E-state index >= 15 is 0 Å². The molecule has 0 saturated carbocycles. The first kappa shape index (κ1) is 15.1. The van der Waals surface area contributed by atoms with Crippen LogP contribution in [0.1, 0.15) is 16.8 Å². The summed E-state index contributed by atoms with van der Waals surface area (Å²) in [5.41, 5.74) is 1.24. The second kappa shape index (κ2) is 7.45. The Morgan fingerprint density at radius 2 is 1.95 bits per heavy atom. The molecule has 0 fully saturated rings. The van der Waals surface area contributed by atoms with Gasteiger partial charge in [-0.05, 0) is 23.9 Å². The molecule has 0 unspecified atom stereocenters. The van der Waals surface area contributed by atoms with Crippen molar-refractivity contribution in [1.29, 1.82) is 0 Å². The smallest absolute Gasteiger partial charge is 0.336 e. The molecule has 4 heteroatoms. The number of carbonyl (C=O) groups is 1. The number of aromatic carboxylic acids is 1. The molecule has 0 saturated heterocycles. The second-order valence-corrected chi connectivity index (χ2v) is 4.63. The van der Waals surface area contributed by atoms with Crippen LogP contribution in [-0.4, -0.2) is 30.8 Å². The third-order valence-electron chi connectivity index (χ3n) is 3.18. The van der Waals surface area contributed by atoms with E-state index in [1.165, 1.54) is 0 Å². The molecule has 0 aromatic heterocycles. The van der Waals surface area contributed by atoms with Crippen LogP contribution in [0.5, 0.6) is 0 Å². The van der Waals surface area contributed by atoms with Crippen LogP contribution < -0.4 is 5.32 Å². The van der Waals surface area contributed by atoms with Crippen molar-refractivity contribution in [2.24, 2.45) is 0 Å². The van der Waals surface area contributed by atoms with Gasteiger partial charge in [0.25, 0.3) is 0 Å². The highest BCUT2D eigenvalue weighted by Gasteiger charge is 2.10. The first-order valence-electron chi connectivity index (χ1n) is 6.91. The van der Waals surface area contributed by atoms with Gasteiger partial charge in [-0.2, -0.15) is 0 Å². The number of carboxylic acid groups (broad SMARTS) is 1. The fourth-order valence-corrected chi connectivity index (χ4v) is 2.17. The summed E-state index contributed by atoms with van der Waals surface area (Å²) in [6.45, 7) is 5.58. The van der Waals surface area contributed by atoms with Crippen molar-refractivity contribution in [1.82, 2.24) is 0 Å². The lowest BCUT2D eigenvalue weighted by Crippen LogP contribution is -2.10. The molecule has 2 aromatic carbocycles. The Kier molecular flexibility index (Phi) is 5.35. The summed E-state index contributed by atoms with van der Waals surface area (Å²) in [6, 6.07) is 10.9. The first-order valence-corrected chi connectivity index (χ1v) is 6.91. The number of ether oxygens (including phenoxy) is 1. The van der Waals surface area contributed by atoms with E-state index in [0.717, 1.165) is 22.9 Å². The molecule has 21 heavy (non-hydrogen) atoms. The molecule has 0 aliphatic heterocycles. The van der Waals surface area contributed by atoms with Crippen LogP contribution in [0, 0.1) is 0 Å². The molecular formula is C17H19NO3. The number of nitrogens with one attached hydrogen (secondary N) is 1. The van der Waals surface area contributed by atoms with Gasteiger partial charge in [0.15, 0.2) is 0 Å². The maximum absolute atomic E-state index is 11.2. The summed E-state index contributed by atoms with van der Waals surface area (Å²) >= 11 is 0. The van der Waals surface area contributed by atoms with Gasteiger partial charge >= 0.3 is 5.97 Å². The number of anilines is 1. The van der Waals surface area contributed by atoms with E-state index < -0.39 is 5.97 Å². The van der Waals surface area contributed by atoms with Crippen molar-refractivity contribution < 1.29 is 14.6 Å². The topological polar surface area (TPSA) is 58.6 Å². The molecule has 0 heterocycles. The molecule has 0 atom stereocenters. The number of rotatable bonds is 8. The van der Waals surface area contributed by atoms with Crippen LogP contribution in [0.2, 0.25) is 0 Å². The molecule has 0 aliphatic carbocycles. The van der Waals surface area contributed by atoms with Gasteiger partial charge in [-0.15, -0.1) is 6.58 Å². The number of benzene rings is 2. The predicted octanol–water partition coefficient (Wildman–Crippen LogP) is 3.54. The average Bonchev–Trinajstić information content (AvgIpc) is 2.50. The highest BCUT2D eigenvalue weighted by molar-refractivity contribution is 6.07. The van der Waals surface area contributed by atoms with Gasteiger partial charge in [0.2, 0.25) is 0 Å². The third-order valence-corrected chi connectivity index (χ3v) is 3.18. The van der Waals surface area contributed by atoms with Crippen LogP contribution in [0.4, 0.5) is 5.69 Å². The zero-order valence-electron chi connectivity index (χ0n) is 11.8. The molecule has 2 aromatic rings. The van der Waals surface area contributed by atoms with Crippen molar-refractivity contribution in [2.45, 2.75) is 6.42 Å². The van der Waals surface area contributed by atoms with Gasteiger partial charge in [0, 0.05) is 17.6 Å². The second-order valence-electron chi connectivity index (χ2n) is 4.63. The summed E-state index contributed by atoms with van der Waals surface area (Å²) in [7, 11) is 0. The fourth-order valence-electron chi connectivity index (χ4n) is 2.17. The van der Waals surface area contributed by atoms with Crippen molar-refractivity contribution >= 4 is 22.4 Å². The van der Waals surface area contributed by atoms with Gasteiger partial charge in [-0.1, -0.05) is 30.3 Å². The molecular weight excluding hydrogens is 266 g/mol. The Morgan fingerprint density at radius 3 is 2.67 bits per heavy atom. The molecule has 0 aliphatic rings. The molecule has 4 nitrogen and oxygen atoms in total. The number of hydrogen-bond donors (Lipinski definition) is 2. The molecule has 2 rings (SSSR count). The zero-order valence-corrected chi connectivity index (χ0v) is 11.8. The summed E-state index contributed by atoms with van der Waals surface area (Å²) in [5.74, 6) is -0.912. The van der Waals surface area contributed by atoms with Gasteiger partial charge in [0.1, 0.15) is 0 Å². The highest BCUT2D eigenvalue weighted by atomic mass is 16.5. The Hall–Kier alpha value is -2.33. The minimum absolute atomic E-state index is 0.318. The van der Waals surface area contributed by atoms with Crippen molar-refractivity contribution in [2.75, 3.05) is 25.1 Å². The van der Waals surface area contributed by atoms with Gasteiger partial charge in [-0.25, -0.2) is 4.79 Å². The average molecular weight is 285 g/mol. The van der Waals surface area contributed by atoms with Crippen LogP contribution in [0.25, 0.3) is 10.8 Å². The normalized spacial score (nSPS) is 10.5. The third kappa shape index (κ3) is 3.83. The van der Waals surface area contributed by atoms with E-state index in [1.807, 2.05) is 30.3 Å². The molecule has 110 valence electrons. The van der Waals surface area contributed by atoms with Crippen LogP contribution in [-0.2, 0) is 4.74 Å². The van der Waals surface area contributed by atoms with Gasteiger partial charge in [0.05, 0.1) is 18.8 Å². The molecule has 0 radical (unpaired) electrons. The van der Waals surface area contributed by atoms with E-state index in [2.05, 4.69) is 11.9 Å². The molecule has 2 N–H and O–H groups in total. The van der Waals surface area contributed by atoms with E-state index in [4.69, 9.17) is 4.74 Å². The maximum Gasteiger partial charge on any atom is 0.336 e. The Morgan fingerprint density at radius 1 is 1.19 bits per heavy atom. The lowest BCUT2D eigenvalue weighted by molar-refractivity contribution is 0.0699. The van der Waals surface area contributed by atoms with Crippen LogP contribution in [0.3, 0.4) is 0 Å². The predicted molar refractivity (Wildman–Crippen MR) is 85.0 cm³/mol. The van der Waals surface area contributed by atoms with E-state index in [1.54, 1.807) is 12.1 Å². The van der Waals surface area contributed by atoms with E-state index in [-0.39, 0.29) is 0 Å². The lowest BCUT2D eigenvalue weighted by Gasteiger charge is -2.11. The van der Waals surface area contributed by atoms with Crippen LogP contribution in [0.15, 0.2) is 49.1 Å². The maximum atomic E-state index is 11.2. The Bertz CT molecular complexity index is 637. The highest BCUT2D eigenvalue weighted by Crippen LogP contribution is 2.26. The number of carboxylic acids is 1. The Balaban J connectivity index is 2.09. The molecule has 0 amide bonds. The van der Waals surface area contributed by atoms with E-state index in [9.17, 15) is 9.90 Å². The number of fused-ring (bicyclic) bond motifs is 1. The standard InChI is InChI=1S/C17H19NO3/c1-2-3-11-21-12-10-18-16-9-8-15(17(19)20)13-6-4-5-7-14(13)16/h2,4-9,18H,1,3,10-12H2,(H,19,20). The Labute approximate surface area is 124 Å². The van der Waals surface area contributed by atoms with Crippen molar-refractivity contribution in [3.63, 3.8) is 0 Å². The zero-order chi connectivity index (χ0) is 15.1. The monoisotopic (exact) mass is 285 g/mol. The summed E-state index contributed by atoms with van der Waals surface area (Å²) in [6.07, 6.45) is 2.67. The van der Waals surface area contributed by atoms with E-state index in [0.29, 0.717) is 25.3 Å². The minimum atomic E-state index is -0.912. The summed E-state index contributed by atoms with van der Waals surface area (Å²) in [5, 5.41) is 14.2. The molecule has 0 spiro atoms. The molecule has 0 bridgehead atoms. The SMILES string of the molecule is C=CCCOCCNc1ccc(C(=O)O)c2ccccc12. The van der Waals surface area contributed by atoms with Gasteiger partial charge in [-0.3, -0.25) is 0 Å².